The quantitative estimate of drug-likeness (QED) is 0.723. The summed E-state index contributed by atoms with van der Waals surface area (Å²) >= 11 is 0. The van der Waals surface area contributed by atoms with Gasteiger partial charge in [0.1, 0.15) is 11.8 Å². The Hall–Kier alpha value is -1.60. The lowest BCUT2D eigenvalue weighted by Crippen LogP contribution is -2.35. The van der Waals surface area contributed by atoms with E-state index in [0.717, 1.165) is 6.26 Å². The summed E-state index contributed by atoms with van der Waals surface area (Å²) in [6, 6.07) is 5.19. The minimum Gasteiger partial charge on any atom is -0.508 e. The fraction of sp³-hybridized carbons (Fsp3) is 0.300. The van der Waals surface area contributed by atoms with E-state index in [-0.39, 0.29) is 12.2 Å². The Balaban J connectivity index is 2.70. The van der Waals surface area contributed by atoms with Crippen molar-refractivity contribution in [2.24, 2.45) is 5.73 Å². The van der Waals surface area contributed by atoms with Gasteiger partial charge < -0.3 is 15.0 Å². The van der Waals surface area contributed by atoms with Crippen LogP contribution in [0.15, 0.2) is 24.3 Å². The maximum absolute atomic E-state index is 11.3. The second-order valence-corrected chi connectivity index (χ2v) is 5.12. The molecule has 0 saturated carbocycles. The smallest absolute Gasteiger partial charge is 0.339 e. The van der Waals surface area contributed by atoms with Crippen LogP contribution in [0.4, 0.5) is 0 Å². The highest BCUT2D eigenvalue weighted by molar-refractivity contribution is 7.86. The van der Waals surface area contributed by atoms with Gasteiger partial charge in [-0.1, -0.05) is 18.2 Å². The van der Waals surface area contributed by atoms with E-state index in [9.17, 15) is 18.3 Å². The van der Waals surface area contributed by atoms with Crippen molar-refractivity contribution >= 4 is 16.1 Å². The van der Waals surface area contributed by atoms with E-state index in [1.54, 1.807) is 18.2 Å². The van der Waals surface area contributed by atoms with Gasteiger partial charge in [0.15, 0.2) is 0 Å². The molecule has 0 fully saturated rings. The molecule has 0 radical (unpaired) electrons. The third kappa shape index (κ3) is 4.41. The lowest BCUT2D eigenvalue weighted by Gasteiger charge is -2.10. The zero-order chi connectivity index (χ0) is 13.1. The molecular weight excluding hydrogens is 246 g/mol. The first-order chi connectivity index (χ1) is 7.79. The maximum Gasteiger partial charge on any atom is 0.339 e. The van der Waals surface area contributed by atoms with Crippen molar-refractivity contribution in [1.82, 2.24) is 0 Å². The predicted octanol–water partition coefficient (Wildman–Crippen LogP) is -0.235. The predicted molar refractivity (Wildman–Crippen MR) is 60.7 cm³/mol. The van der Waals surface area contributed by atoms with Gasteiger partial charge in [-0.3, -0.25) is 0 Å². The minimum atomic E-state index is -3.86. The Bertz CT molecular complexity index is 511. The second kappa shape index (κ2) is 5.15. The molecule has 1 atom stereocenters. The number of carbonyl (C=O) groups is 1. The lowest BCUT2D eigenvalue weighted by atomic mass is 10.1. The van der Waals surface area contributed by atoms with E-state index in [2.05, 4.69) is 4.18 Å². The van der Waals surface area contributed by atoms with Crippen molar-refractivity contribution in [2.45, 2.75) is 12.5 Å². The van der Waals surface area contributed by atoms with Crippen molar-refractivity contribution < 1.29 is 22.5 Å². The van der Waals surface area contributed by atoms with E-state index in [1.807, 2.05) is 0 Å². The van der Waals surface area contributed by atoms with Gasteiger partial charge in [-0.2, -0.15) is 8.42 Å². The van der Waals surface area contributed by atoms with Crippen molar-refractivity contribution in [1.29, 1.82) is 0 Å². The van der Waals surface area contributed by atoms with Gasteiger partial charge in [0.05, 0.1) is 6.26 Å². The number of para-hydroxylation sites is 1. The molecule has 1 aromatic rings. The summed E-state index contributed by atoms with van der Waals surface area (Å²) < 4.78 is 25.6. The summed E-state index contributed by atoms with van der Waals surface area (Å²) in [7, 11) is -3.86. The largest absolute Gasteiger partial charge is 0.508 e. The monoisotopic (exact) mass is 259 g/mol. The summed E-state index contributed by atoms with van der Waals surface area (Å²) in [6.45, 7) is 0. The molecule has 3 N–H and O–H groups in total. The normalized spacial score (nSPS) is 13.1. The average molecular weight is 259 g/mol. The number of phenols is 1. The fourth-order valence-electron chi connectivity index (χ4n) is 1.21. The highest BCUT2D eigenvalue weighted by Crippen LogP contribution is 2.17. The van der Waals surface area contributed by atoms with Gasteiger partial charge in [0.2, 0.25) is 0 Å². The molecule has 17 heavy (non-hydrogen) atoms. The van der Waals surface area contributed by atoms with E-state index >= 15 is 0 Å². The van der Waals surface area contributed by atoms with Crippen molar-refractivity contribution in [2.75, 3.05) is 6.26 Å². The summed E-state index contributed by atoms with van der Waals surface area (Å²) in [6.07, 6.45) is 0.763. The zero-order valence-corrected chi connectivity index (χ0v) is 9.98. The molecule has 0 bridgehead atoms. The van der Waals surface area contributed by atoms with Gasteiger partial charge in [0.25, 0.3) is 0 Å². The van der Waals surface area contributed by atoms with Gasteiger partial charge in [-0.25, -0.2) is 4.79 Å². The standard InChI is InChI=1S/C10H13NO5S/c1-17(14,15)16-10(13)8(11)6-7-4-2-3-5-9(7)12/h2-5,8,12H,6,11H2,1H3. The molecule has 0 aliphatic carbocycles. The zero-order valence-electron chi connectivity index (χ0n) is 9.16. The van der Waals surface area contributed by atoms with Crippen LogP contribution in [-0.2, 0) is 25.5 Å². The Labute approximate surface area is 99.1 Å². The Kier molecular flexibility index (Phi) is 4.08. The number of nitrogens with two attached hydrogens (primary N) is 1. The van der Waals surface area contributed by atoms with Crippen molar-refractivity contribution in [3.63, 3.8) is 0 Å². The molecule has 1 aromatic carbocycles. The maximum atomic E-state index is 11.3. The number of benzene rings is 1. The van der Waals surface area contributed by atoms with Crippen LogP contribution in [0.5, 0.6) is 5.75 Å². The van der Waals surface area contributed by atoms with Crippen molar-refractivity contribution in [3.05, 3.63) is 29.8 Å². The molecule has 0 aliphatic heterocycles. The fourth-order valence-corrected chi connectivity index (χ4v) is 1.64. The first-order valence-corrected chi connectivity index (χ1v) is 6.57. The van der Waals surface area contributed by atoms with E-state index in [1.165, 1.54) is 6.07 Å². The van der Waals surface area contributed by atoms with E-state index in [4.69, 9.17) is 5.73 Å². The van der Waals surface area contributed by atoms with Gasteiger partial charge >= 0.3 is 16.1 Å². The van der Waals surface area contributed by atoms with Crippen LogP contribution in [0, 0.1) is 0 Å². The van der Waals surface area contributed by atoms with E-state index < -0.39 is 22.1 Å². The van der Waals surface area contributed by atoms with Crippen LogP contribution in [0.1, 0.15) is 5.56 Å². The molecule has 6 nitrogen and oxygen atoms in total. The summed E-state index contributed by atoms with van der Waals surface area (Å²) in [5.74, 6) is -1.05. The number of rotatable bonds is 4. The van der Waals surface area contributed by atoms with Gasteiger partial charge in [-0.05, 0) is 11.6 Å². The molecule has 0 aliphatic rings. The summed E-state index contributed by atoms with van der Waals surface area (Å²) in [5, 5.41) is 9.45. The molecule has 1 unspecified atom stereocenters. The Morgan fingerprint density at radius 1 is 1.47 bits per heavy atom. The highest BCUT2D eigenvalue weighted by atomic mass is 32.2. The molecule has 1 rings (SSSR count). The molecule has 0 spiro atoms. The number of phenolic OH excluding ortho intramolecular Hbond substituents is 1. The first kappa shape index (κ1) is 13.5. The SMILES string of the molecule is CS(=O)(=O)OC(=O)C(N)Cc1ccccc1O. The first-order valence-electron chi connectivity index (χ1n) is 4.75. The van der Waals surface area contributed by atoms with Crippen LogP contribution >= 0.6 is 0 Å². The van der Waals surface area contributed by atoms with Gasteiger partial charge in [-0.15, -0.1) is 0 Å². The number of hydrogen-bond acceptors (Lipinski definition) is 6. The van der Waals surface area contributed by atoms with Crippen LogP contribution in [-0.4, -0.2) is 31.8 Å². The number of hydrogen-bond donors (Lipinski definition) is 2. The van der Waals surface area contributed by atoms with Crippen LogP contribution in [0.2, 0.25) is 0 Å². The highest BCUT2D eigenvalue weighted by Gasteiger charge is 2.20. The molecule has 94 valence electrons. The molecular formula is C10H13NO5S. The third-order valence-corrected chi connectivity index (χ3v) is 2.43. The van der Waals surface area contributed by atoms with Gasteiger partial charge in [0, 0.05) is 6.42 Å². The average Bonchev–Trinajstić information content (AvgIpc) is 2.18. The lowest BCUT2D eigenvalue weighted by molar-refractivity contribution is -0.135. The summed E-state index contributed by atoms with van der Waals surface area (Å²) in [4.78, 5) is 11.3. The van der Waals surface area contributed by atoms with Crippen LogP contribution in [0.3, 0.4) is 0 Å². The summed E-state index contributed by atoms with van der Waals surface area (Å²) in [5.41, 5.74) is 5.92. The van der Waals surface area contributed by atoms with Crippen molar-refractivity contribution in [3.8, 4) is 5.75 Å². The van der Waals surface area contributed by atoms with Crippen LogP contribution < -0.4 is 5.73 Å². The molecule has 0 saturated heterocycles. The molecule has 0 heterocycles. The Morgan fingerprint density at radius 2 is 2.06 bits per heavy atom. The molecule has 7 heteroatoms. The molecule has 0 aromatic heterocycles. The minimum absolute atomic E-state index is 0.00102. The second-order valence-electron chi connectivity index (χ2n) is 3.55. The number of carbonyl (C=O) groups excluding carboxylic acids is 1. The Morgan fingerprint density at radius 3 is 2.59 bits per heavy atom. The number of aromatic hydroxyl groups is 1. The topological polar surface area (TPSA) is 107 Å². The van der Waals surface area contributed by atoms with E-state index in [0.29, 0.717) is 5.56 Å². The third-order valence-electron chi connectivity index (χ3n) is 1.97. The van der Waals surface area contributed by atoms with Crippen LogP contribution in [0.25, 0.3) is 0 Å². The molecule has 0 amide bonds.